The molecule has 0 aliphatic heterocycles. The number of nitrogen functional groups attached to an aromatic ring is 1. The van der Waals surface area contributed by atoms with Gasteiger partial charge in [0.2, 0.25) is 0 Å². The van der Waals surface area contributed by atoms with Crippen molar-refractivity contribution in [1.82, 2.24) is 0 Å². The first-order chi connectivity index (χ1) is 9.68. The van der Waals surface area contributed by atoms with Gasteiger partial charge in [-0.3, -0.25) is 0 Å². The predicted octanol–water partition coefficient (Wildman–Crippen LogP) is 4.95. The third-order valence-electron chi connectivity index (χ3n) is 3.22. The van der Waals surface area contributed by atoms with Gasteiger partial charge in [-0.2, -0.15) is 0 Å². The molecule has 4 heteroatoms. The summed E-state index contributed by atoms with van der Waals surface area (Å²) in [5, 5.41) is 0. The Hall–Kier alpha value is -2.10. The van der Waals surface area contributed by atoms with Crippen LogP contribution in [0.4, 0.5) is 14.5 Å². The molecule has 0 saturated heterocycles. The SMILES string of the molecule is Cc1ccc(C(C)(C)C)c(Oc2cc(F)cc(F)c2N)c1. The van der Waals surface area contributed by atoms with Crippen LogP contribution in [0.25, 0.3) is 0 Å². The van der Waals surface area contributed by atoms with Crippen LogP contribution in [0.3, 0.4) is 0 Å². The first-order valence-electron chi connectivity index (χ1n) is 6.72. The van der Waals surface area contributed by atoms with Gasteiger partial charge in [-0.15, -0.1) is 0 Å². The fourth-order valence-corrected chi connectivity index (χ4v) is 2.10. The second kappa shape index (κ2) is 5.35. The van der Waals surface area contributed by atoms with Crippen molar-refractivity contribution in [2.75, 3.05) is 5.73 Å². The lowest BCUT2D eigenvalue weighted by molar-refractivity contribution is 0.448. The maximum absolute atomic E-state index is 13.5. The second-order valence-corrected chi connectivity index (χ2v) is 6.15. The molecule has 0 radical (unpaired) electrons. The number of halogens is 2. The molecule has 0 atom stereocenters. The summed E-state index contributed by atoms with van der Waals surface area (Å²) in [4.78, 5) is 0. The van der Waals surface area contributed by atoms with E-state index in [1.54, 1.807) is 0 Å². The maximum Gasteiger partial charge on any atom is 0.156 e. The van der Waals surface area contributed by atoms with Gasteiger partial charge in [0.25, 0.3) is 0 Å². The average Bonchev–Trinajstić information content (AvgIpc) is 2.34. The summed E-state index contributed by atoms with van der Waals surface area (Å²) in [7, 11) is 0. The minimum absolute atomic E-state index is 0.0106. The number of hydrogen-bond donors (Lipinski definition) is 1. The van der Waals surface area contributed by atoms with Crippen LogP contribution in [0.5, 0.6) is 11.5 Å². The van der Waals surface area contributed by atoms with Crippen molar-refractivity contribution < 1.29 is 13.5 Å². The van der Waals surface area contributed by atoms with E-state index >= 15 is 0 Å². The Morgan fingerprint density at radius 2 is 1.67 bits per heavy atom. The predicted molar refractivity (Wildman–Crippen MR) is 80.7 cm³/mol. The number of rotatable bonds is 2. The van der Waals surface area contributed by atoms with E-state index in [2.05, 4.69) is 0 Å². The number of ether oxygens (including phenoxy) is 1. The molecule has 2 aromatic carbocycles. The topological polar surface area (TPSA) is 35.2 Å². The number of hydrogen-bond acceptors (Lipinski definition) is 2. The fourth-order valence-electron chi connectivity index (χ4n) is 2.10. The summed E-state index contributed by atoms with van der Waals surface area (Å²) in [5.74, 6) is -1.00. The standard InChI is InChI=1S/C17H19F2NO/c1-10-5-6-12(17(2,3)4)14(7-10)21-15-9-11(18)8-13(19)16(15)20/h5-9H,20H2,1-4H3. The third kappa shape index (κ3) is 3.32. The Morgan fingerprint density at radius 3 is 2.29 bits per heavy atom. The fraction of sp³-hybridized carbons (Fsp3) is 0.294. The lowest BCUT2D eigenvalue weighted by Gasteiger charge is -2.23. The van der Waals surface area contributed by atoms with Crippen molar-refractivity contribution in [1.29, 1.82) is 0 Å². The summed E-state index contributed by atoms with van der Waals surface area (Å²) in [6.45, 7) is 8.05. The molecule has 0 unspecified atom stereocenters. The van der Waals surface area contributed by atoms with Crippen molar-refractivity contribution in [3.05, 3.63) is 53.1 Å². The van der Waals surface area contributed by atoms with Crippen LogP contribution in [0.1, 0.15) is 31.9 Å². The van der Waals surface area contributed by atoms with Crippen LogP contribution in [0, 0.1) is 18.6 Å². The van der Waals surface area contributed by atoms with Gasteiger partial charge in [-0.1, -0.05) is 32.9 Å². The van der Waals surface area contributed by atoms with Gasteiger partial charge in [0.1, 0.15) is 17.3 Å². The number of anilines is 1. The average molecular weight is 291 g/mol. The van der Waals surface area contributed by atoms with Crippen molar-refractivity contribution in [2.45, 2.75) is 33.1 Å². The van der Waals surface area contributed by atoms with E-state index in [4.69, 9.17) is 10.5 Å². The highest BCUT2D eigenvalue weighted by molar-refractivity contribution is 5.56. The van der Waals surface area contributed by atoms with E-state index in [0.29, 0.717) is 5.75 Å². The first kappa shape index (κ1) is 15.3. The van der Waals surface area contributed by atoms with Crippen LogP contribution in [-0.2, 0) is 5.41 Å². The van der Waals surface area contributed by atoms with E-state index < -0.39 is 11.6 Å². The Morgan fingerprint density at radius 1 is 1.00 bits per heavy atom. The van der Waals surface area contributed by atoms with Crippen LogP contribution >= 0.6 is 0 Å². The molecule has 0 saturated carbocycles. The summed E-state index contributed by atoms with van der Waals surface area (Å²) < 4.78 is 32.6. The minimum Gasteiger partial charge on any atom is -0.455 e. The Bertz CT molecular complexity index is 675. The Kier molecular flexibility index (Phi) is 3.90. The normalized spacial score (nSPS) is 11.5. The molecule has 2 N–H and O–H groups in total. The minimum atomic E-state index is -0.824. The molecule has 0 spiro atoms. The lowest BCUT2D eigenvalue weighted by Crippen LogP contribution is -2.13. The second-order valence-electron chi connectivity index (χ2n) is 6.15. The maximum atomic E-state index is 13.5. The molecule has 2 rings (SSSR count). The van der Waals surface area contributed by atoms with Crippen molar-refractivity contribution in [3.63, 3.8) is 0 Å². The zero-order valence-electron chi connectivity index (χ0n) is 12.6. The molecule has 112 valence electrons. The largest absolute Gasteiger partial charge is 0.455 e. The van der Waals surface area contributed by atoms with E-state index in [0.717, 1.165) is 23.3 Å². The monoisotopic (exact) mass is 291 g/mol. The van der Waals surface area contributed by atoms with Crippen LogP contribution < -0.4 is 10.5 Å². The molecule has 0 heterocycles. The van der Waals surface area contributed by atoms with Gasteiger partial charge in [0, 0.05) is 17.7 Å². The van der Waals surface area contributed by atoms with Gasteiger partial charge >= 0.3 is 0 Å². The van der Waals surface area contributed by atoms with Gasteiger partial charge in [0.05, 0.1) is 0 Å². The van der Waals surface area contributed by atoms with Gasteiger partial charge in [-0.25, -0.2) is 8.78 Å². The van der Waals surface area contributed by atoms with Gasteiger partial charge < -0.3 is 10.5 Å². The molecular weight excluding hydrogens is 272 g/mol. The summed E-state index contributed by atoms with van der Waals surface area (Å²) in [6.07, 6.45) is 0. The van der Waals surface area contributed by atoms with Crippen LogP contribution in [0.2, 0.25) is 0 Å². The van der Waals surface area contributed by atoms with Crippen molar-refractivity contribution >= 4 is 5.69 Å². The molecular formula is C17H19F2NO. The summed E-state index contributed by atoms with van der Waals surface area (Å²) in [6, 6.07) is 7.60. The molecule has 0 fully saturated rings. The van der Waals surface area contributed by atoms with Crippen LogP contribution in [0.15, 0.2) is 30.3 Å². The molecule has 2 nitrogen and oxygen atoms in total. The van der Waals surface area contributed by atoms with E-state index in [1.165, 1.54) is 0 Å². The molecule has 21 heavy (non-hydrogen) atoms. The molecule has 0 aliphatic rings. The third-order valence-corrected chi connectivity index (χ3v) is 3.22. The highest BCUT2D eigenvalue weighted by atomic mass is 19.1. The number of aryl methyl sites for hydroxylation is 1. The molecule has 0 aromatic heterocycles. The zero-order chi connectivity index (χ0) is 15.8. The van der Waals surface area contributed by atoms with Crippen LogP contribution in [-0.4, -0.2) is 0 Å². The van der Waals surface area contributed by atoms with Crippen molar-refractivity contribution in [2.24, 2.45) is 0 Å². The number of nitrogens with two attached hydrogens (primary N) is 1. The van der Waals surface area contributed by atoms with Gasteiger partial charge in [-0.05, 0) is 24.0 Å². The van der Waals surface area contributed by atoms with E-state index in [-0.39, 0.29) is 16.9 Å². The smallest absolute Gasteiger partial charge is 0.156 e. The first-order valence-corrected chi connectivity index (χ1v) is 6.72. The molecule has 2 aromatic rings. The Balaban J connectivity index is 2.52. The summed E-state index contributed by atoms with van der Waals surface area (Å²) >= 11 is 0. The lowest BCUT2D eigenvalue weighted by atomic mass is 9.86. The summed E-state index contributed by atoms with van der Waals surface area (Å²) in [5.41, 5.74) is 7.21. The van der Waals surface area contributed by atoms with E-state index in [1.807, 2.05) is 45.9 Å². The molecule has 0 aliphatic carbocycles. The van der Waals surface area contributed by atoms with Gasteiger partial charge in [0.15, 0.2) is 11.6 Å². The highest BCUT2D eigenvalue weighted by Gasteiger charge is 2.20. The zero-order valence-corrected chi connectivity index (χ0v) is 12.6. The quantitative estimate of drug-likeness (QED) is 0.795. The molecule has 0 bridgehead atoms. The molecule has 0 amide bonds. The van der Waals surface area contributed by atoms with Crippen molar-refractivity contribution in [3.8, 4) is 11.5 Å². The van der Waals surface area contributed by atoms with E-state index in [9.17, 15) is 8.78 Å². The highest BCUT2D eigenvalue weighted by Crippen LogP contribution is 2.37. The number of benzene rings is 2. The Labute approximate surface area is 123 Å².